The third-order valence-corrected chi connectivity index (χ3v) is 2.80. The Balaban J connectivity index is 2.30. The molecule has 2 atom stereocenters. The Hall–Kier alpha value is 0.620. The molecule has 0 aromatic carbocycles. The van der Waals surface area contributed by atoms with Crippen molar-refractivity contribution in [2.24, 2.45) is 17.7 Å². The molecule has 1 rings (SSSR count). The Morgan fingerprint density at radius 2 is 2.25 bits per heavy atom. The van der Waals surface area contributed by atoms with E-state index in [0.717, 1.165) is 3.39 Å². The zero-order chi connectivity index (χ0) is 8.97. The molecule has 0 aliphatic heterocycles. The molecule has 70 valence electrons. The van der Waals surface area contributed by atoms with Crippen molar-refractivity contribution in [3.05, 3.63) is 9.47 Å². The molecule has 1 aliphatic rings. The highest BCUT2D eigenvalue weighted by Crippen LogP contribution is 2.33. The van der Waals surface area contributed by atoms with Crippen LogP contribution in [0.1, 0.15) is 19.3 Å². The van der Waals surface area contributed by atoms with Crippen LogP contribution in [-0.4, -0.2) is 6.61 Å². The smallest absolute Gasteiger partial charge is 0.0707 e. The van der Waals surface area contributed by atoms with E-state index in [4.69, 9.17) is 5.90 Å². The van der Waals surface area contributed by atoms with Gasteiger partial charge in [-0.1, -0.05) is 6.08 Å². The number of rotatable bonds is 3. The average molecular weight is 299 g/mol. The minimum atomic E-state index is 0.649. The maximum absolute atomic E-state index is 5.02. The van der Waals surface area contributed by atoms with Crippen LogP contribution in [-0.2, 0) is 4.84 Å². The number of allylic oxidation sites excluding steroid dienone is 1. The molecule has 0 aromatic heterocycles. The van der Waals surface area contributed by atoms with Crippen LogP contribution in [0.3, 0.4) is 0 Å². The fourth-order valence-corrected chi connectivity index (χ4v) is 2.48. The highest BCUT2D eigenvalue weighted by Gasteiger charge is 2.23. The van der Waals surface area contributed by atoms with Gasteiger partial charge in [-0.3, -0.25) is 0 Å². The van der Waals surface area contributed by atoms with E-state index >= 15 is 0 Å². The van der Waals surface area contributed by atoms with Crippen LogP contribution in [0.5, 0.6) is 0 Å². The van der Waals surface area contributed by atoms with Gasteiger partial charge in [0.2, 0.25) is 0 Å². The first-order valence-electron chi connectivity index (χ1n) is 4.07. The van der Waals surface area contributed by atoms with Crippen molar-refractivity contribution in [2.45, 2.75) is 19.3 Å². The first-order valence-corrected chi connectivity index (χ1v) is 5.65. The van der Waals surface area contributed by atoms with Gasteiger partial charge in [-0.05, 0) is 63.0 Å². The van der Waals surface area contributed by atoms with Gasteiger partial charge in [-0.25, -0.2) is 5.90 Å². The number of hydrogen-bond donors (Lipinski definition) is 1. The SMILES string of the molecule is NOCC1CCC(C=C(Br)Br)C1. The Labute approximate surface area is 89.7 Å². The number of nitrogens with two attached hydrogens (primary N) is 1. The molecule has 12 heavy (non-hydrogen) atoms. The van der Waals surface area contributed by atoms with Crippen molar-refractivity contribution < 1.29 is 4.84 Å². The van der Waals surface area contributed by atoms with Crippen LogP contribution in [0.4, 0.5) is 0 Å². The van der Waals surface area contributed by atoms with Crippen molar-refractivity contribution in [3.63, 3.8) is 0 Å². The summed E-state index contributed by atoms with van der Waals surface area (Å²) in [5.74, 6) is 6.35. The summed E-state index contributed by atoms with van der Waals surface area (Å²) >= 11 is 6.73. The van der Waals surface area contributed by atoms with Crippen LogP contribution in [0.15, 0.2) is 9.47 Å². The van der Waals surface area contributed by atoms with E-state index in [0.29, 0.717) is 18.4 Å². The monoisotopic (exact) mass is 297 g/mol. The van der Waals surface area contributed by atoms with Crippen LogP contribution in [0.2, 0.25) is 0 Å². The number of halogens is 2. The molecule has 1 fully saturated rings. The molecule has 0 spiro atoms. The molecule has 2 nitrogen and oxygen atoms in total. The molecule has 1 aliphatic carbocycles. The van der Waals surface area contributed by atoms with E-state index in [9.17, 15) is 0 Å². The molecule has 2 N–H and O–H groups in total. The van der Waals surface area contributed by atoms with E-state index in [1.165, 1.54) is 19.3 Å². The van der Waals surface area contributed by atoms with E-state index in [1.54, 1.807) is 0 Å². The van der Waals surface area contributed by atoms with Gasteiger partial charge >= 0.3 is 0 Å². The lowest BCUT2D eigenvalue weighted by Gasteiger charge is -2.06. The van der Waals surface area contributed by atoms with E-state index in [-0.39, 0.29) is 0 Å². The van der Waals surface area contributed by atoms with Crippen LogP contribution < -0.4 is 5.90 Å². The van der Waals surface area contributed by atoms with Crippen molar-refractivity contribution in [3.8, 4) is 0 Å². The third-order valence-electron chi connectivity index (χ3n) is 2.28. The van der Waals surface area contributed by atoms with E-state index < -0.39 is 0 Å². The molecular formula is C8H13Br2NO. The molecule has 0 radical (unpaired) electrons. The maximum Gasteiger partial charge on any atom is 0.0707 e. The summed E-state index contributed by atoms with van der Waals surface area (Å²) in [5.41, 5.74) is 0. The van der Waals surface area contributed by atoms with Crippen molar-refractivity contribution >= 4 is 31.9 Å². The quantitative estimate of drug-likeness (QED) is 0.813. The lowest BCUT2D eigenvalue weighted by atomic mass is 10.1. The summed E-state index contributed by atoms with van der Waals surface area (Å²) in [6.45, 7) is 0.699. The van der Waals surface area contributed by atoms with Crippen molar-refractivity contribution in [1.29, 1.82) is 0 Å². The molecule has 0 heterocycles. The minimum Gasteiger partial charge on any atom is -0.304 e. The molecular weight excluding hydrogens is 286 g/mol. The molecule has 0 aromatic rings. The molecule has 0 saturated heterocycles. The van der Waals surface area contributed by atoms with Gasteiger partial charge in [0.25, 0.3) is 0 Å². The summed E-state index contributed by atoms with van der Waals surface area (Å²) < 4.78 is 1.05. The summed E-state index contributed by atoms with van der Waals surface area (Å²) in [4.78, 5) is 4.63. The average Bonchev–Trinajstić information content (AvgIpc) is 2.36. The van der Waals surface area contributed by atoms with Gasteiger partial charge in [0.1, 0.15) is 0 Å². The molecule has 0 amide bonds. The fraction of sp³-hybridized carbons (Fsp3) is 0.750. The summed E-state index contributed by atoms with van der Waals surface area (Å²) in [7, 11) is 0. The van der Waals surface area contributed by atoms with E-state index in [1.807, 2.05) is 0 Å². The summed E-state index contributed by atoms with van der Waals surface area (Å²) in [6.07, 6.45) is 5.87. The first kappa shape index (κ1) is 10.7. The van der Waals surface area contributed by atoms with Gasteiger partial charge in [0.05, 0.1) is 10.00 Å². The second-order valence-electron chi connectivity index (χ2n) is 3.23. The largest absolute Gasteiger partial charge is 0.304 e. The topological polar surface area (TPSA) is 35.2 Å². The molecule has 2 unspecified atom stereocenters. The summed E-state index contributed by atoms with van der Waals surface area (Å²) in [5, 5.41) is 0. The zero-order valence-electron chi connectivity index (χ0n) is 6.80. The third kappa shape index (κ3) is 3.56. The Bertz CT molecular complexity index is 168. The van der Waals surface area contributed by atoms with Gasteiger partial charge in [-0.2, -0.15) is 0 Å². The fourth-order valence-electron chi connectivity index (χ4n) is 1.73. The molecule has 1 saturated carbocycles. The molecule has 4 heteroatoms. The number of hydrogen-bond acceptors (Lipinski definition) is 2. The lowest BCUT2D eigenvalue weighted by molar-refractivity contribution is 0.102. The van der Waals surface area contributed by atoms with Crippen molar-refractivity contribution in [1.82, 2.24) is 0 Å². The zero-order valence-corrected chi connectivity index (χ0v) is 9.97. The minimum absolute atomic E-state index is 0.649. The Morgan fingerprint density at radius 1 is 1.50 bits per heavy atom. The second kappa shape index (κ2) is 5.37. The standard InChI is InChI=1S/C8H13Br2NO/c9-8(10)4-6-1-2-7(3-6)5-12-11/h4,6-7H,1-3,5,11H2. The van der Waals surface area contributed by atoms with Gasteiger partial charge in [0, 0.05) is 0 Å². The highest BCUT2D eigenvalue weighted by molar-refractivity contribution is 9.28. The second-order valence-corrected chi connectivity index (χ2v) is 6.00. The highest BCUT2D eigenvalue weighted by atomic mass is 79.9. The lowest BCUT2D eigenvalue weighted by Crippen LogP contribution is -2.09. The van der Waals surface area contributed by atoms with Crippen LogP contribution in [0, 0.1) is 11.8 Å². The predicted molar refractivity (Wildman–Crippen MR) is 56.9 cm³/mol. The van der Waals surface area contributed by atoms with Crippen LogP contribution in [0.25, 0.3) is 0 Å². The van der Waals surface area contributed by atoms with Gasteiger partial charge < -0.3 is 4.84 Å². The first-order chi connectivity index (χ1) is 5.72. The normalized spacial score (nSPS) is 28.9. The van der Waals surface area contributed by atoms with Crippen LogP contribution >= 0.6 is 31.9 Å². The Kier molecular flexibility index (Phi) is 4.79. The maximum atomic E-state index is 5.02. The predicted octanol–water partition coefficient (Wildman–Crippen LogP) is 2.92. The van der Waals surface area contributed by atoms with Gasteiger partial charge in [0.15, 0.2) is 0 Å². The molecule has 0 bridgehead atoms. The Morgan fingerprint density at radius 3 is 2.83 bits per heavy atom. The van der Waals surface area contributed by atoms with Crippen molar-refractivity contribution in [2.75, 3.05) is 6.61 Å². The summed E-state index contributed by atoms with van der Waals surface area (Å²) in [6, 6.07) is 0. The van der Waals surface area contributed by atoms with Gasteiger partial charge in [-0.15, -0.1) is 0 Å². The van der Waals surface area contributed by atoms with E-state index in [2.05, 4.69) is 42.8 Å².